The van der Waals surface area contributed by atoms with Crippen molar-refractivity contribution in [2.75, 3.05) is 57.4 Å². The molecular formula is C35H34F3N7O3S. The van der Waals surface area contributed by atoms with Crippen molar-refractivity contribution in [3.63, 3.8) is 0 Å². The van der Waals surface area contributed by atoms with E-state index in [4.69, 9.17) is 14.7 Å². The number of halogens is 3. The van der Waals surface area contributed by atoms with Crippen LogP contribution in [0.15, 0.2) is 66.9 Å². The van der Waals surface area contributed by atoms with Crippen LogP contribution in [0, 0.1) is 0 Å². The second-order valence-corrected chi connectivity index (χ2v) is 13.2. The Balaban J connectivity index is 1.01. The van der Waals surface area contributed by atoms with Crippen molar-refractivity contribution in [2.45, 2.75) is 25.6 Å². The molecular weight excluding hydrogens is 655 g/mol. The topological polar surface area (TPSA) is 108 Å². The number of piperazine rings is 1. The minimum absolute atomic E-state index is 0.0823. The second kappa shape index (κ2) is 14.1. The Hall–Kier alpha value is -4.66. The molecule has 0 bridgehead atoms. The highest BCUT2D eigenvalue weighted by atomic mass is 32.1. The third-order valence-electron chi connectivity index (χ3n) is 8.83. The van der Waals surface area contributed by atoms with Gasteiger partial charge in [0.1, 0.15) is 0 Å². The molecule has 0 atom stereocenters. The van der Waals surface area contributed by atoms with Crippen molar-refractivity contribution >= 4 is 55.5 Å². The van der Waals surface area contributed by atoms with Crippen LogP contribution >= 0.6 is 11.3 Å². The number of nitrogens with one attached hydrogen (secondary N) is 1. The lowest BCUT2D eigenvalue weighted by Crippen LogP contribution is -2.48. The number of carbonyl (C=O) groups excluding carboxylic acids is 2. The van der Waals surface area contributed by atoms with E-state index in [1.54, 1.807) is 28.5 Å². The number of thiophene rings is 1. The van der Waals surface area contributed by atoms with Gasteiger partial charge in [-0.15, -0.1) is 11.3 Å². The molecule has 0 unspecified atom stereocenters. The van der Waals surface area contributed by atoms with Gasteiger partial charge in [-0.2, -0.15) is 18.3 Å². The van der Waals surface area contributed by atoms with Crippen LogP contribution < -0.4 is 4.90 Å². The Morgan fingerprint density at radius 2 is 1.71 bits per heavy atom. The SMILES string of the molecule is O=C(C=C(c1ccccc1)C(F)(F)F)CCC(=O)N1CCN(Cc2cc3nc(-c4cccc5[nH]ncc45)nc(N4CCOCC4)c3s2)CC1. The van der Waals surface area contributed by atoms with Crippen molar-refractivity contribution < 1.29 is 27.5 Å². The molecule has 254 valence electrons. The quantitative estimate of drug-likeness (QED) is 0.196. The van der Waals surface area contributed by atoms with Gasteiger partial charge in [0, 0.05) is 74.5 Å². The number of rotatable bonds is 9. The molecule has 10 nitrogen and oxygen atoms in total. The number of fused-ring (bicyclic) bond motifs is 2. The summed E-state index contributed by atoms with van der Waals surface area (Å²) in [5.74, 6) is 0.575. The zero-order chi connectivity index (χ0) is 34.0. The van der Waals surface area contributed by atoms with Crippen LogP contribution in [0.25, 0.3) is 38.1 Å². The van der Waals surface area contributed by atoms with Crippen LogP contribution in [-0.4, -0.2) is 100 Å². The maximum atomic E-state index is 13.6. The van der Waals surface area contributed by atoms with Gasteiger partial charge >= 0.3 is 6.18 Å². The fourth-order valence-electron chi connectivity index (χ4n) is 6.26. The molecule has 5 heterocycles. The highest BCUT2D eigenvalue weighted by Gasteiger charge is 2.35. The average molecular weight is 690 g/mol. The van der Waals surface area contributed by atoms with Gasteiger partial charge in [-0.3, -0.25) is 19.6 Å². The van der Waals surface area contributed by atoms with Gasteiger partial charge in [0.25, 0.3) is 0 Å². The van der Waals surface area contributed by atoms with Gasteiger partial charge in [0.15, 0.2) is 17.4 Å². The van der Waals surface area contributed by atoms with Crippen LogP contribution in [0.5, 0.6) is 0 Å². The first-order valence-corrected chi connectivity index (χ1v) is 17.0. The second-order valence-electron chi connectivity index (χ2n) is 12.1. The van der Waals surface area contributed by atoms with E-state index in [-0.39, 0.29) is 24.3 Å². The molecule has 0 spiro atoms. The van der Waals surface area contributed by atoms with Crippen molar-refractivity contribution in [3.05, 3.63) is 77.3 Å². The minimum atomic E-state index is -4.68. The number of allylic oxidation sites excluding steroid dienone is 2. The number of ether oxygens (including phenoxy) is 1. The van der Waals surface area contributed by atoms with Gasteiger partial charge < -0.3 is 14.5 Å². The Morgan fingerprint density at radius 3 is 2.47 bits per heavy atom. The predicted molar refractivity (Wildman–Crippen MR) is 182 cm³/mol. The number of carbonyl (C=O) groups is 2. The number of alkyl halides is 3. The molecule has 7 rings (SSSR count). The van der Waals surface area contributed by atoms with Crippen LogP contribution in [-0.2, 0) is 20.9 Å². The Morgan fingerprint density at radius 1 is 0.939 bits per heavy atom. The molecule has 2 aliphatic heterocycles. The van der Waals surface area contributed by atoms with E-state index in [0.29, 0.717) is 57.8 Å². The molecule has 0 aliphatic carbocycles. The molecule has 1 N–H and O–H groups in total. The summed E-state index contributed by atoms with van der Waals surface area (Å²) in [4.78, 5) is 42.8. The highest BCUT2D eigenvalue weighted by molar-refractivity contribution is 7.19. The van der Waals surface area contributed by atoms with Gasteiger partial charge in [-0.25, -0.2) is 9.97 Å². The molecule has 2 aliphatic rings. The van der Waals surface area contributed by atoms with Gasteiger partial charge in [0.05, 0.1) is 40.7 Å². The van der Waals surface area contributed by atoms with Gasteiger partial charge in [-0.1, -0.05) is 42.5 Å². The average Bonchev–Trinajstić information content (AvgIpc) is 3.76. The lowest BCUT2D eigenvalue weighted by Gasteiger charge is -2.34. The molecule has 2 fully saturated rings. The number of anilines is 1. The van der Waals surface area contributed by atoms with Crippen LogP contribution in [0.2, 0.25) is 0 Å². The first kappa shape index (κ1) is 32.9. The number of nitrogens with zero attached hydrogens (tertiary/aromatic N) is 6. The van der Waals surface area contributed by atoms with Crippen molar-refractivity contribution in [1.29, 1.82) is 0 Å². The Bertz CT molecular complexity index is 2000. The molecule has 1 amide bonds. The summed E-state index contributed by atoms with van der Waals surface area (Å²) in [7, 11) is 0. The summed E-state index contributed by atoms with van der Waals surface area (Å²) in [6.07, 6.45) is -2.69. The number of hydrogen-bond acceptors (Lipinski definition) is 9. The number of morpholine rings is 1. The van der Waals surface area contributed by atoms with Crippen molar-refractivity contribution in [2.24, 2.45) is 0 Å². The number of H-pyrrole nitrogens is 1. The van der Waals surface area contributed by atoms with E-state index in [2.05, 4.69) is 26.1 Å². The van der Waals surface area contributed by atoms with Gasteiger partial charge in [-0.05, 0) is 23.8 Å². The van der Waals surface area contributed by atoms with E-state index in [1.165, 1.54) is 24.3 Å². The molecule has 49 heavy (non-hydrogen) atoms. The molecule has 5 aromatic rings. The zero-order valence-electron chi connectivity index (χ0n) is 26.6. The third-order valence-corrected chi connectivity index (χ3v) is 9.93. The third kappa shape index (κ3) is 7.36. The minimum Gasteiger partial charge on any atom is -0.378 e. The Labute approximate surface area is 284 Å². The first-order chi connectivity index (χ1) is 23.7. The molecule has 2 aromatic carbocycles. The summed E-state index contributed by atoms with van der Waals surface area (Å²) in [5.41, 5.74) is 1.61. The first-order valence-electron chi connectivity index (χ1n) is 16.2. The van der Waals surface area contributed by atoms with Crippen LogP contribution in [0.4, 0.5) is 19.0 Å². The van der Waals surface area contributed by atoms with E-state index >= 15 is 0 Å². The van der Waals surface area contributed by atoms with Crippen LogP contribution in [0.3, 0.4) is 0 Å². The van der Waals surface area contributed by atoms with E-state index in [9.17, 15) is 22.8 Å². The number of aromatic amines is 1. The molecule has 3 aromatic heterocycles. The standard InChI is InChI=1S/C35H34F3N7O3S/c36-35(37,38)28(23-5-2-1-3-6-23)19-24(46)9-10-31(47)44-13-11-43(12-14-44)22-25-20-30-32(49-25)34(45-15-17-48-18-16-45)41-33(40-30)26-7-4-8-29-27(26)21-39-42-29/h1-8,19-21H,9-18,22H2,(H,39,42). The van der Waals surface area contributed by atoms with Gasteiger partial charge in [0.2, 0.25) is 5.91 Å². The lowest BCUT2D eigenvalue weighted by molar-refractivity contribution is -0.134. The zero-order valence-corrected chi connectivity index (χ0v) is 27.4. The van der Waals surface area contributed by atoms with E-state index in [0.717, 1.165) is 50.5 Å². The van der Waals surface area contributed by atoms with Crippen LogP contribution in [0.1, 0.15) is 23.3 Å². The largest absolute Gasteiger partial charge is 0.417 e. The highest BCUT2D eigenvalue weighted by Crippen LogP contribution is 2.37. The smallest absolute Gasteiger partial charge is 0.378 e. The van der Waals surface area contributed by atoms with Crippen molar-refractivity contribution in [1.82, 2.24) is 30.0 Å². The number of aromatic nitrogens is 4. The summed E-state index contributed by atoms with van der Waals surface area (Å²) >= 11 is 1.67. The van der Waals surface area contributed by atoms with Crippen molar-refractivity contribution in [3.8, 4) is 11.4 Å². The fourth-order valence-corrected chi connectivity index (χ4v) is 7.41. The predicted octanol–water partition coefficient (Wildman–Crippen LogP) is 5.71. The maximum Gasteiger partial charge on any atom is 0.417 e. The summed E-state index contributed by atoms with van der Waals surface area (Å²) in [6.45, 7) is 5.64. The molecule has 0 saturated carbocycles. The fraction of sp³-hybridized carbons (Fsp3) is 0.343. The molecule has 14 heteroatoms. The molecule has 0 radical (unpaired) electrons. The monoisotopic (exact) mass is 689 g/mol. The normalized spacial score (nSPS) is 16.5. The number of ketones is 1. The Kier molecular flexibility index (Phi) is 9.43. The number of amides is 1. The summed E-state index contributed by atoms with van der Waals surface area (Å²) in [6, 6.07) is 15.3. The number of benzene rings is 2. The van der Waals surface area contributed by atoms with E-state index in [1.807, 2.05) is 18.2 Å². The lowest BCUT2D eigenvalue weighted by atomic mass is 10.0. The number of hydrogen-bond donors (Lipinski definition) is 1. The summed E-state index contributed by atoms with van der Waals surface area (Å²) in [5, 5.41) is 8.18. The van der Waals surface area contributed by atoms with E-state index < -0.39 is 17.5 Å². The summed E-state index contributed by atoms with van der Waals surface area (Å²) < 4.78 is 47.5. The maximum absolute atomic E-state index is 13.6. The molecule has 2 saturated heterocycles.